The van der Waals surface area contributed by atoms with Crippen LogP contribution in [-0.2, 0) is 0 Å². The minimum Gasteiger partial charge on any atom is -0.493 e. The summed E-state index contributed by atoms with van der Waals surface area (Å²) in [6, 6.07) is 6.46. The van der Waals surface area contributed by atoms with E-state index in [4.69, 9.17) is 9.15 Å². The molecule has 1 N–H and O–H groups in total. The normalized spacial score (nSPS) is 19.6. The topological polar surface area (TPSA) is 47.3 Å². The Morgan fingerprint density at radius 2 is 2.26 bits per heavy atom. The van der Waals surface area contributed by atoms with Crippen molar-refractivity contribution in [3.05, 3.63) is 47.7 Å². The van der Waals surface area contributed by atoms with E-state index in [1.54, 1.807) is 11.8 Å². The van der Waals surface area contributed by atoms with Crippen LogP contribution in [0, 0.1) is 5.92 Å². The van der Waals surface area contributed by atoms with Gasteiger partial charge in [0.1, 0.15) is 11.4 Å². The first kappa shape index (κ1) is 14.8. The fourth-order valence-electron chi connectivity index (χ4n) is 2.90. The highest BCUT2D eigenvalue weighted by molar-refractivity contribution is 7.98. The summed E-state index contributed by atoms with van der Waals surface area (Å²) in [6.07, 6.45) is 8.35. The van der Waals surface area contributed by atoms with E-state index in [1.807, 2.05) is 7.05 Å². The number of rotatable bonds is 6. The van der Waals surface area contributed by atoms with E-state index in [0.29, 0.717) is 0 Å². The molecule has 0 bridgehead atoms. The minimum absolute atomic E-state index is 0.0907. The number of nitrogens with zero attached hydrogens (tertiary/aromatic N) is 1. The van der Waals surface area contributed by atoms with Crippen LogP contribution in [0.25, 0.3) is 5.57 Å². The van der Waals surface area contributed by atoms with Crippen LogP contribution in [0.15, 0.2) is 40.0 Å². The van der Waals surface area contributed by atoms with Gasteiger partial charge >= 0.3 is 0 Å². The molecule has 4 nitrogen and oxygen atoms in total. The van der Waals surface area contributed by atoms with E-state index in [1.165, 1.54) is 24.1 Å². The summed E-state index contributed by atoms with van der Waals surface area (Å²) in [7, 11) is 1.94. The second-order valence-electron chi connectivity index (χ2n) is 6.03. The zero-order valence-electron chi connectivity index (χ0n) is 13.3. The quantitative estimate of drug-likeness (QED) is 0.815. The number of fused-ring (bicyclic) bond motifs is 1. The minimum atomic E-state index is 0.0907. The molecule has 1 aromatic carbocycles. The zero-order chi connectivity index (χ0) is 15.8. The zero-order valence-corrected chi connectivity index (χ0v) is 14.2. The Hall–Kier alpha value is -1.72. The molecule has 23 heavy (non-hydrogen) atoms. The van der Waals surface area contributed by atoms with Gasteiger partial charge in [-0.1, -0.05) is 0 Å². The van der Waals surface area contributed by atoms with Gasteiger partial charge in [-0.15, -0.1) is 11.8 Å². The van der Waals surface area contributed by atoms with Gasteiger partial charge in [0.25, 0.3) is 0 Å². The second-order valence-corrected chi connectivity index (χ2v) is 6.91. The Balaban J connectivity index is 1.74. The number of benzene rings is 1. The van der Waals surface area contributed by atoms with Gasteiger partial charge in [0.15, 0.2) is 12.2 Å². The van der Waals surface area contributed by atoms with Crippen LogP contribution >= 0.6 is 11.8 Å². The van der Waals surface area contributed by atoms with Crippen LogP contribution < -0.4 is 10.1 Å². The van der Waals surface area contributed by atoms with Crippen molar-refractivity contribution < 1.29 is 9.15 Å². The highest BCUT2D eigenvalue weighted by atomic mass is 32.2. The molecule has 1 atom stereocenters. The third kappa shape index (κ3) is 2.79. The lowest BCUT2D eigenvalue weighted by molar-refractivity contribution is 0.298. The fraction of sp³-hybridized carbons (Fsp3) is 0.389. The average molecular weight is 328 g/mol. The number of hydrogen-bond acceptors (Lipinski definition) is 5. The Morgan fingerprint density at radius 3 is 3.00 bits per heavy atom. The number of hydrogen-bond donors (Lipinski definition) is 1. The van der Waals surface area contributed by atoms with Crippen molar-refractivity contribution in [3.8, 4) is 5.75 Å². The summed E-state index contributed by atoms with van der Waals surface area (Å²) < 4.78 is 11.8. The molecular formula is C18H20N2O2S. The molecular weight excluding hydrogens is 308 g/mol. The monoisotopic (exact) mass is 328 g/mol. The summed E-state index contributed by atoms with van der Waals surface area (Å²) in [4.78, 5) is 5.57. The Bertz CT molecular complexity index is 749. The van der Waals surface area contributed by atoms with Gasteiger partial charge in [-0.05, 0) is 56.3 Å². The lowest BCUT2D eigenvalue weighted by Crippen LogP contribution is -2.12. The van der Waals surface area contributed by atoms with Crippen LogP contribution in [0.1, 0.15) is 35.9 Å². The predicted molar refractivity (Wildman–Crippen MR) is 91.8 cm³/mol. The van der Waals surface area contributed by atoms with E-state index < -0.39 is 0 Å². The maximum atomic E-state index is 6.10. The number of ether oxygens (including phenoxy) is 1. The molecule has 2 aromatic rings. The molecule has 0 spiro atoms. The molecule has 2 aliphatic carbocycles. The first-order valence-electron chi connectivity index (χ1n) is 7.94. The van der Waals surface area contributed by atoms with Crippen LogP contribution in [0.5, 0.6) is 5.75 Å². The summed E-state index contributed by atoms with van der Waals surface area (Å²) in [5.74, 6) is 2.51. The average Bonchev–Trinajstić information content (AvgIpc) is 3.17. The third-order valence-corrected chi connectivity index (χ3v) is 5.15. The molecule has 120 valence electrons. The third-order valence-electron chi connectivity index (χ3n) is 4.43. The largest absolute Gasteiger partial charge is 0.493 e. The SMILES string of the molecule is CNC1C=C(c2cc(SC)ccc2OCC2CC2)c2ocnc21. The molecule has 1 saturated carbocycles. The smallest absolute Gasteiger partial charge is 0.181 e. The number of oxazole rings is 1. The maximum Gasteiger partial charge on any atom is 0.181 e. The predicted octanol–water partition coefficient (Wildman–Crippen LogP) is 3.89. The summed E-state index contributed by atoms with van der Waals surface area (Å²) >= 11 is 1.73. The molecule has 1 heterocycles. The molecule has 2 aliphatic rings. The first-order chi connectivity index (χ1) is 11.3. The van der Waals surface area contributed by atoms with Crippen molar-refractivity contribution in [2.24, 2.45) is 5.92 Å². The molecule has 1 aromatic heterocycles. The standard InChI is InChI=1S/C18H20N2O2S/c1-19-15-8-14(18-17(15)20-10-22-18)13-7-12(23-2)5-6-16(13)21-9-11-3-4-11/h5-8,10-11,15,19H,3-4,9H2,1-2H3. The van der Waals surface area contributed by atoms with Gasteiger partial charge in [-0.25, -0.2) is 4.98 Å². The summed E-state index contributed by atoms with van der Waals surface area (Å²) in [6.45, 7) is 0.803. The second kappa shape index (κ2) is 6.06. The number of nitrogens with one attached hydrogen (secondary N) is 1. The summed E-state index contributed by atoms with van der Waals surface area (Å²) in [5.41, 5.74) is 3.11. The lowest BCUT2D eigenvalue weighted by atomic mass is 10.0. The van der Waals surface area contributed by atoms with Gasteiger partial charge in [-0.2, -0.15) is 0 Å². The van der Waals surface area contributed by atoms with Crippen LogP contribution in [0.4, 0.5) is 0 Å². The Kier molecular flexibility index (Phi) is 3.91. The molecule has 5 heteroatoms. The number of thioether (sulfide) groups is 1. The van der Waals surface area contributed by atoms with Gasteiger partial charge in [0.05, 0.1) is 12.6 Å². The molecule has 1 unspecified atom stereocenters. The lowest BCUT2D eigenvalue weighted by Gasteiger charge is -2.13. The van der Waals surface area contributed by atoms with Crippen molar-refractivity contribution in [3.63, 3.8) is 0 Å². The highest BCUT2D eigenvalue weighted by Crippen LogP contribution is 2.42. The highest BCUT2D eigenvalue weighted by Gasteiger charge is 2.30. The van der Waals surface area contributed by atoms with Crippen molar-refractivity contribution >= 4 is 17.3 Å². The van der Waals surface area contributed by atoms with Crippen LogP contribution in [0.3, 0.4) is 0 Å². The molecule has 0 aliphatic heterocycles. The van der Waals surface area contributed by atoms with E-state index in [2.05, 4.69) is 40.8 Å². The molecule has 4 rings (SSSR count). The first-order valence-corrected chi connectivity index (χ1v) is 9.16. The Labute approximate surface area is 140 Å². The van der Waals surface area contributed by atoms with Crippen LogP contribution in [-0.4, -0.2) is 24.9 Å². The van der Waals surface area contributed by atoms with E-state index in [9.17, 15) is 0 Å². The van der Waals surface area contributed by atoms with Crippen LogP contribution in [0.2, 0.25) is 0 Å². The number of aromatic nitrogens is 1. The maximum absolute atomic E-state index is 6.10. The molecule has 0 radical (unpaired) electrons. The number of likely N-dealkylation sites (N-methyl/N-ethyl adjacent to an activating group) is 1. The van der Waals surface area contributed by atoms with E-state index >= 15 is 0 Å². The Morgan fingerprint density at radius 1 is 1.39 bits per heavy atom. The van der Waals surface area contributed by atoms with Crippen molar-refractivity contribution in [1.82, 2.24) is 10.3 Å². The van der Waals surface area contributed by atoms with E-state index in [0.717, 1.165) is 40.9 Å². The van der Waals surface area contributed by atoms with Crippen molar-refractivity contribution in [1.29, 1.82) is 0 Å². The van der Waals surface area contributed by atoms with E-state index in [-0.39, 0.29) is 6.04 Å². The van der Waals surface area contributed by atoms with Crippen molar-refractivity contribution in [2.75, 3.05) is 19.9 Å². The van der Waals surface area contributed by atoms with Crippen molar-refractivity contribution in [2.45, 2.75) is 23.8 Å². The summed E-state index contributed by atoms with van der Waals surface area (Å²) in [5, 5.41) is 3.27. The van der Waals surface area contributed by atoms with Gasteiger partial charge in [0.2, 0.25) is 0 Å². The molecule has 1 fully saturated rings. The molecule has 0 amide bonds. The molecule has 0 saturated heterocycles. The van der Waals surface area contributed by atoms with Gasteiger partial charge in [0, 0.05) is 16.0 Å². The van der Waals surface area contributed by atoms with Gasteiger partial charge < -0.3 is 14.5 Å². The fourth-order valence-corrected chi connectivity index (χ4v) is 3.34. The van der Waals surface area contributed by atoms with Gasteiger partial charge in [-0.3, -0.25) is 0 Å².